The number of fused-ring (bicyclic) bond motifs is 2. The Morgan fingerprint density at radius 1 is 0.872 bits per heavy atom. The Hall–Kier alpha value is -4.35. The van der Waals surface area contributed by atoms with Crippen molar-refractivity contribution in [1.29, 1.82) is 0 Å². The van der Waals surface area contributed by atoms with Crippen LogP contribution in [0.4, 0.5) is 5.69 Å². The molecule has 0 unspecified atom stereocenters. The number of unbranched alkanes of at least 4 members (excludes halogenated alkanes) is 4. The van der Waals surface area contributed by atoms with Gasteiger partial charge in [0.05, 0.1) is 17.8 Å². The predicted octanol–water partition coefficient (Wildman–Crippen LogP) is 1.10. The number of nitrogen functional groups attached to an aromatic ring is 1. The number of carbonyl (C=O) groups is 2. The summed E-state index contributed by atoms with van der Waals surface area (Å²) in [4.78, 5) is 21.8. The Kier molecular flexibility index (Phi) is 11.0. The number of sulfonamides is 1. The fourth-order valence-electron chi connectivity index (χ4n) is 5.57. The fraction of sp³-hybridized carbons (Fsp3) is 0.323. The molecule has 0 spiro atoms. The van der Waals surface area contributed by atoms with Crippen molar-refractivity contribution in [3.8, 4) is 22.5 Å². The molecule has 2 aliphatic rings. The summed E-state index contributed by atoms with van der Waals surface area (Å²) in [7, 11) is -9.79. The quantitative estimate of drug-likeness (QED) is 0.0481. The van der Waals surface area contributed by atoms with Crippen LogP contribution in [0.2, 0.25) is 0 Å². The van der Waals surface area contributed by atoms with Crippen LogP contribution >= 0.6 is 0 Å². The van der Waals surface area contributed by atoms with Gasteiger partial charge in [0.1, 0.15) is 15.0 Å². The van der Waals surface area contributed by atoms with Crippen LogP contribution in [0.3, 0.4) is 0 Å². The second kappa shape index (κ2) is 14.6. The largest absolute Gasteiger partial charge is 0.744 e. The summed E-state index contributed by atoms with van der Waals surface area (Å²) in [5.74, 6) is -2.82. The van der Waals surface area contributed by atoms with Crippen molar-refractivity contribution < 1.29 is 56.8 Å². The molecule has 0 fully saturated rings. The lowest BCUT2D eigenvalue weighted by molar-refractivity contribution is -0.368. The molecule has 1 heterocycles. The molecule has 47 heavy (non-hydrogen) atoms. The highest BCUT2D eigenvalue weighted by Gasteiger charge is 2.34. The Balaban J connectivity index is 2.06. The van der Waals surface area contributed by atoms with Gasteiger partial charge in [0.15, 0.2) is 16.2 Å². The minimum Gasteiger partial charge on any atom is -0.744 e. The van der Waals surface area contributed by atoms with Gasteiger partial charge in [0.25, 0.3) is 0 Å². The first kappa shape index (κ1) is 35.5. The number of rotatable bonds is 16. The van der Waals surface area contributed by atoms with Crippen molar-refractivity contribution in [2.75, 3.05) is 25.4 Å². The molecule has 0 atom stereocenters. The van der Waals surface area contributed by atoms with Crippen LogP contribution in [0, 0.1) is 0 Å². The van der Waals surface area contributed by atoms with Crippen molar-refractivity contribution in [3.63, 3.8) is 0 Å². The van der Waals surface area contributed by atoms with Gasteiger partial charge >= 0.3 is 11.9 Å². The van der Waals surface area contributed by atoms with E-state index in [0.29, 0.717) is 38.6 Å². The maximum atomic E-state index is 14.5. The van der Waals surface area contributed by atoms with Crippen molar-refractivity contribution in [3.05, 3.63) is 59.5 Å². The lowest BCUT2D eigenvalue weighted by Gasteiger charge is -2.25. The first-order chi connectivity index (χ1) is 22.2. The van der Waals surface area contributed by atoms with E-state index >= 15 is 0 Å². The van der Waals surface area contributed by atoms with Crippen LogP contribution in [-0.4, -0.2) is 67.5 Å². The average Bonchev–Trinajstić information content (AvgIpc) is 2.99. The van der Waals surface area contributed by atoms with Crippen LogP contribution in [0.15, 0.2) is 62.7 Å². The number of hydrogen-bond donors (Lipinski definition) is 5. The number of nitrogens with zero attached hydrogens (tertiary/aromatic N) is 1. The first-order valence-electron chi connectivity index (χ1n) is 14.9. The van der Waals surface area contributed by atoms with E-state index in [2.05, 4.69) is 5.73 Å². The van der Waals surface area contributed by atoms with Gasteiger partial charge in [-0.2, -0.15) is 4.31 Å². The molecule has 14 nitrogen and oxygen atoms in total. The summed E-state index contributed by atoms with van der Waals surface area (Å²) >= 11 is 0. The van der Waals surface area contributed by atoms with E-state index in [-0.39, 0.29) is 52.8 Å². The maximum absolute atomic E-state index is 14.5. The molecule has 9 N–H and O–H groups in total. The number of hydrogen-bond acceptors (Lipinski definition) is 9. The summed E-state index contributed by atoms with van der Waals surface area (Å²) in [6.07, 6.45) is 3.02. The zero-order valence-electron chi connectivity index (χ0n) is 25.5. The standard InChI is InChI=1S/C31H36N4O10S2/c32-16-6-2-8-18-35(17-7-1-3-11-25(36)37)46(40,41)29-23(33)14-12-21-26(19-9-4-5-10-20(19)31(38)39)22-13-15-24(34)30(47(42,43)44)28(22)45-27(21)29/h4-5,9-10,12-15,34H,1-3,6-8,11,16-18,32-33H2,(H,36,37)(H,38,39)(H,42,43,44)/p+1. The molecule has 0 aromatic heterocycles. The zero-order chi connectivity index (χ0) is 34.5. The van der Waals surface area contributed by atoms with Gasteiger partial charge in [-0.05, 0) is 61.9 Å². The molecule has 0 bridgehead atoms. The normalized spacial score (nSPS) is 12.2. The van der Waals surface area contributed by atoms with Crippen molar-refractivity contribution in [1.82, 2.24) is 4.31 Å². The van der Waals surface area contributed by atoms with Gasteiger partial charge < -0.3 is 30.7 Å². The Morgan fingerprint density at radius 2 is 1.53 bits per heavy atom. The minimum atomic E-state index is -5.29. The van der Waals surface area contributed by atoms with E-state index in [4.69, 9.17) is 20.7 Å². The lowest BCUT2D eigenvalue weighted by atomic mass is 9.90. The molecule has 4 rings (SSSR count). The van der Waals surface area contributed by atoms with Gasteiger partial charge in [-0.3, -0.25) is 10.2 Å². The van der Waals surface area contributed by atoms with Crippen molar-refractivity contribution in [2.45, 2.75) is 54.7 Å². The van der Waals surface area contributed by atoms with E-state index in [1.54, 1.807) is 6.07 Å². The molecular weight excluding hydrogens is 652 g/mol. The predicted molar refractivity (Wildman–Crippen MR) is 169 cm³/mol. The average molecular weight is 690 g/mol. The summed E-state index contributed by atoms with van der Waals surface area (Å²) < 4.78 is 73.7. The van der Waals surface area contributed by atoms with Gasteiger partial charge in [-0.1, -0.05) is 24.6 Å². The number of anilines is 1. The Labute approximate surface area is 271 Å². The molecule has 16 heteroatoms. The van der Waals surface area contributed by atoms with Gasteiger partial charge in [-0.25, -0.2) is 21.6 Å². The number of carboxylic acid groups (broad SMARTS) is 2. The monoisotopic (exact) mass is 689 g/mol. The van der Waals surface area contributed by atoms with Gasteiger partial charge in [0.2, 0.25) is 15.4 Å². The molecule has 2 aromatic carbocycles. The third-order valence-corrected chi connectivity index (χ3v) is 10.7. The number of nitrogens with two attached hydrogens (primary N) is 2. The molecule has 0 saturated heterocycles. The van der Waals surface area contributed by atoms with Crippen LogP contribution in [0.5, 0.6) is 0 Å². The summed E-state index contributed by atoms with van der Waals surface area (Å²) in [5.41, 5.74) is 9.53. The highest BCUT2D eigenvalue weighted by Crippen LogP contribution is 2.46. The molecular formula is C31H37N4O10S2+. The van der Waals surface area contributed by atoms with E-state index in [9.17, 15) is 36.1 Å². The summed E-state index contributed by atoms with van der Waals surface area (Å²) in [6, 6.07) is 11.2. The molecule has 0 saturated carbocycles. The molecule has 0 radical (unpaired) electrons. The molecule has 252 valence electrons. The van der Waals surface area contributed by atoms with Crippen LogP contribution in [-0.2, 0) is 24.9 Å². The number of aliphatic carboxylic acids is 1. The van der Waals surface area contributed by atoms with E-state index < -0.39 is 58.6 Å². The van der Waals surface area contributed by atoms with Crippen LogP contribution in [0.1, 0.15) is 55.3 Å². The second-order valence-electron chi connectivity index (χ2n) is 11.0. The molecule has 2 aromatic rings. The first-order valence-corrected chi connectivity index (χ1v) is 17.7. The smallest absolute Gasteiger partial charge is 0.336 e. The SMILES string of the molecule is Nc1ccc2c(-c3ccccc3C(=O)O)c3ccc(=[NH2+])c(S(=O)(=O)[O-])c-3oc2c1S(=O)(=O)N(CCCCC[NH3+])CCCCCC(=O)O. The number of carboxylic acids is 2. The lowest BCUT2D eigenvalue weighted by Crippen LogP contribution is -2.50. The third-order valence-electron chi connectivity index (χ3n) is 7.76. The van der Waals surface area contributed by atoms with E-state index in [1.165, 1.54) is 46.8 Å². The highest BCUT2D eigenvalue weighted by atomic mass is 32.2. The number of aromatic carboxylic acids is 1. The van der Waals surface area contributed by atoms with Crippen molar-refractivity contribution >= 4 is 48.7 Å². The van der Waals surface area contributed by atoms with E-state index in [0.717, 1.165) is 6.42 Å². The van der Waals surface area contributed by atoms with E-state index in [1.807, 2.05) is 0 Å². The number of quaternary nitrogens is 1. The molecule has 0 amide bonds. The Morgan fingerprint density at radius 3 is 2.15 bits per heavy atom. The molecule has 1 aliphatic heterocycles. The highest BCUT2D eigenvalue weighted by molar-refractivity contribution is 7.89. The van der Waals surface area contributed by atoms with Crippen LogP contribution < -0.4 is 22.2 Å². The third kappa shape index (κ3) is 7.63. The maximum Gasteiger partial charge on any atom is 0.336 e. The topological polar surface area (TPSA) is 262 Å². The van der Waals surface area contributed by atoms with Gasteiger partial charge in [0, 0.05) is 42.1 Å². The second-order valence-corrected chi connectivity index (χ2v) is 14.2. The summed E-state index contributed by atoms with van der Waals surface area (Å²) in [6.45, 7) is 0.781. The summed E-state index contributed by atoms with van der Waals surface area (Å²) in [5, 5.41) is 24.6. The Bertz CT molecular complexity index is 2060. The fourth-order valence-corrected chi connectivity index (χ4v) is 8.05. The van der Waals surface area contributed by atoms with Gasteiger partial charge in [-0.15, -0.1) is 0 Å². The molecule has 1 aliphatic carbocycles. The minimum absolute atomic E-state index is 0.00593. The van der Waals surface area contributed by atoms with Crippen molar-refractivity contribution in [2.24, 2.45) is 0 Å². The number of benzene rings is 3. The zero-order valence-corrected chi connectivity index (χ0v) is 27.1. The van der Waals surface area contributed by atoms with Crippen LogP contribution in [0.25, 0.3) is 33.4 Å².